The second-order valence-corrected chi connectivity index (χ2v) is 11.0. The summed E-state index contributed by atoms with van der Waals surface area (Å²) in [6.45, 7) is 6.82. The molecule has 1 aliphatic heterocycles. The van der Waals surface area contributed by atoms with Gasteiger partial charge in [-0.3, -0.25) is 38.2 Å². The lowest BCUT2D eigenvalue weighted by molar-refractivity contribution is -0.137. The summed E-state index contributed by atoms with van der Waals surface area (Å²) in [5.74, 6) is -4.82. The van der Waals surface area contributed by atoms with Crippen LogP contribution in [0.15, 0.2) is 12.2 Å². The van der Waals surface area contributed by atoms with E-state index in [-0.39, 0.29) is 25.2 Å². The number of unbranched alkanes of at least 4 members (excludes halogenated alkanes) is 2. The van der Waals surface area contributed by atoms with Crippen LogP contribution in [-0.2, 0) is 38.9 Å². The Labute approximate surface area is 222 Å². The number of rotatable bonds is 17. The Hall–Kier alpha value is -3.13. The van der Waals surface area contributed by atoms with Crippen molar-refractivity contribution in [3.05, 3.63) is 12.2 Å². The molecule has 4 N–H and O–H groups in total. The Balaban J connectivity index is 2.71. The first kappa shape index (κ1) is 32.9. The van der Waals surface area contributed by atoms with Crippen molar-refractivity contribution in [2.75, 3.05) is 12.3 Å². The molecule has 0 aromatic rings. The number of nitrogens with one attached hydrogen (secondary N) is 3. The molecule has 1 aliphatic rings. The van der Waals surface area contributed by atoms with Crippen molar-refractivity contribution in [2.45, 2.75) is 84.3 Å². The number of carbonyl (C=O) groups is 6. The summed E-state index contributed by atoms with van der Waals surface area (Å²) >= 11 is 0. The molecule has 1 rings (SSSR count). The molecule has 5 amide bonds. The summed E-state index contributed by atoms with van der Waals surface area (Å²) in [5, 5.41) is 7.22. The molecule has 0 unspecified atom stereocenters. The maximum atomic E-state index is 12.9. The highest BCUT2D eigenvalue weighted by Gasteiger charge is 2.32. The fourth-order valence-electron chi connectivity index (χ4n) is 3.68. The van der Waals surface area contributed by atoms with Crippen molar-refractivity contribution in [2.24, 2.45) is 5.92 Å². The molecule has 0 aromatic carbocycles. The smallest absolute Gasteiger partial charge is 0.267 e. The van der Waals surface area contributed by atoms with Crippen LogP contribution in [0.1, 0.15) is 66.2 Å². The lowest BCUT2D eigenvalue weighted by Gasteiger charge is -2.26. The van der Waals surface area contributed by atoms with Crippen molar-refractivity contribution in [3.63, 3.8) is 0 Å². The molecule has 0 fully saturated rings. The Morgan fingerprint density at radius 1 is 0.895 bits per heavy atom. The average Bonchev–Trinajstić information content (AvgIpc) is 3.12. The number of hydrogen-bond acceptors (Lipinski definition) is 8. The molecule has 13 nitrogen and oxygen atoms in total. The molecule has 0 aromatic heterocycles. The van der Waals surface area contributed by atoms with E-state index >= 15 is 0 Å². The van der Waals surface area contributed by atoms with Crippen molar-refractivity contribution in [1.29, 1.82) is 0 Å². The van der Waals surface area contributed by atoms with Crippen LogP contribution in [-0.4, -0.2) is 83.6 Å². The summed E-state index contributed by atoms with van der Waals surface area (Å²) in [6.07, 6.45) is 4.41. The van der Waals surface area contributed by atoms with E-state index in [1.165, 1.54) is 19.1 Å². The molecular formula is C24H38N4O9S. The van der Waals surface area contributed by atoms with Crippen molar-refractivity contribution in [1.82, 2.24) is 20.9 Å². The Bertz CT molecular complexity index is 1020. The largest absolute Gasteiger partial charge is 0.345 e. The number of ketones is 1. The normalized spacial score (nSPS) is 15.8. The van der Waals surface area contributed by atoms with Crippen LogP contribution in [0.25, 0.3) is 0 Å². The fraction of sp³-hybridized carbons (Fsp3) is 0.667. The standard InChI is InChI=1S/C24H38N4O9S/c1-5-9-18(29)16(4)25-24(34)22(15(2)3)27-23(33)17(14-38(35,36)37)26-19(30)10-7-6-8-13-28-20(31)11-12-21(28)32/h11-12,15-17,22H,5-10,13-14H2,1-4H3,(H,25,34)(H,26,30)(H,27,33)(H,35,36,37)/t16-,17-,22-/m0/s1. The number of hydrogen-bond donors (Lipinski definition) is 4. The van der Waals surface area contributed by atoms with Gasteiger partial charge in [0, 0.05) is 31.5 Å². The predicted octanol–water partition coefficient (Wildman–Crippen LogP) is -0.141. The highest BCUT2D eigenvalue weighted by atomic mass is 32.2. The minimum absolute atomic E-state index is 0.0828. The third kappa shape index (κ3) is 11.5. The van der Waals surface area contributed by atoms with Gasteiger partial charge in [0.25, 0.3) is 21.9 Å². The first-order valence-electron chi connectivity index (χ1n) is 12.6. The van der Waals surface area contributed by atoms with Crippen molar-refractivity contribution in [3.8, 4) is 0 Å². The van der Waals surface area contributed by atoms with Crippen LogP contribution in [0.3, 0.4) is 0 Å². The number of nitrogens with zero attached hydrogens (tertiary/aromatic N) is 1. The fourth-order valence-corrected chi connectivity index (χ4v) is 4.34. The van der Waals surface area contributed by atoms with Gasteiger partial charge < -0.3 is 16.0 Å². The van der Waals surface area contributed by atoms with E-state index in [9.17, 15) is 41.7 Å². The molecule has 0 saturated heterocycles. The molecule has 38 heavy (non-hydrogen) atoms. The first-order valence-corrected chi connectivity index (χ1v) is 14.2. The SMILES string of the molecule is CCCC(=O)[C@H](C)NC(=O)[C@@H](NC(=O)[C@H](CS(=O)(=O)O)NC(=O)CCCCCN1C(=O)C=CC1=O)C(C)C. The number of Topliss-reactive ketones (excluding diaryl/α,β-unsaturated/α-hetero) is 1. The first-order chi connectivity index (χ1) is 17.7. The summed E-state index contributed by atoms with van der Waals surface area (Å²) in [7, 11) is -4.67. The van der Waals surface area contributed by atoms with Crippen molar-refractivity contribution < 1.29 is 41.7 Å². The zero-order valence-electron chi connectivity index (χ0n) is 22.2. The summed E-state index contributed by atoms with van der Waals surface area (Å²) < 4.78 is 32.3. The minimum atomic E-state index is -4.67. The predicted molar refractivity (Wildman–Crippen MR) is 137 cm³/mol. The summed E-state index contributed by atoms with van der Waals surface area (Å²) in [6, 6.07) is -3.59. The molecule has 0 saturated carbocycles. The molecule has 14 heteroatoms. The number of imide groups is 1. The van der Waals surface area contributed by atoms with Gasteiger partial charge in [0.1, 0.15) is 17.8 Å². The van der Waals surface area contributed by atoms with Gasteiger partial charge in [-0.05, 0) is 32.1 Å². The molecule has 0 aliphatic carbocycles. The quantitative estimate of drug-likeness (QED) is 0.107. The van der Waals surface area contributed by atoms with E-state index in [2.05, 4.69) is 16.0 Å². The number of carbonyl (C=O) groups excluding carboxylic acids is 6. The lowest BCUT2D eigenvalue weighted by Crippen LogP contribution is -2.58. The second kappa shape index (κ2) is 15.3. The van der Waals surface area contributed by atoms with E-state index in [0.29, 0.717) is 25.7 Å². The van der Waals surface area contributed by atoms with Crippen LogP contribution in [0.2, 0.25) is 0 Å². The maximum Gasteiger partial charge on any atom is 0.267 e. The van der Waals surface area contributed by atoms with Crippen LogP contribution < -0.4 is 16.0 Å². The second-order valence-electron chi connectivity index (χ2n) is 9.52. The summed E-state index contributed by atoms with van der Waals surface area (Å²) in [4.78, 5) is 74.1. The zero-order chi connectivity index (χ0) is 29.0. The highest BCUT2D eigenvalue weighted by molar-refractivity contribution is 7.85. The minimum Gasteiger partial charge on any atom is -0.345 e. The molecule has 0 bridgehead atoms. The van der Waals surface area contributed by atoms with Crippen LogP contribution in [0.4, 0.5) is 0 Å². The molecule has 0 spiro atoms. The van der Waals surface area contributed by atoms with Gasteiger partial charge in [-0.2, -0.15) is 8.42 Å². The molecule has 3 atom stereocenters. The Morgan fingerprint density at radius 2 is 1.50 bits per heavy atom. The van der Waals surface area contributed by atoms with E-state index in [0.717, 1.165) is 4.90 Å². The van der Waals surface area contributed by atoms with Crippen molar-refractivity contribution >= 4 is 45.4 Å². The molecule has 0 radical (unpaired) electrons. The Kier molecular flexibility index (Phi) is 13.3. The van der Waals surface area contributed by atoms with Gasteiger partial charge in [0.2, 0.25) is 17.7 Å². The highest BCUT2D eigenvalue weighted by Crippen LogP contribution is 2.09. The summed E-state index contributed by atoms with van der Waals surface area (Å²) in [5.41, 5.74) is 0. The van der Waals surface area contributed by atoms with Crippen LogP contribution >= 0.6 is 0 Å². The van der Waals surface area contributed by atoms with Gasteiger partial charge in [-0.25, -0.2) is 0 Å². The zero-order valence-corrected chi connectivity index (χ0v) is 23.0. The van der Waals surface area contributed by atoms with E-state index in [4.69, 9.17) is 0 Å². The molecular weight excluding hydrogens is 520 g/mol. The topological polar surface area (TPSA) is 196 Å². The van der Waals surface area contributed by atoms with Gasteiger partial charge in [-0.15, -0.1) is 0 Å². The number of amides is 5. The lowest BCUT2D eigenvalue weighted by atomic mass is 10.0. The van der Waals surface area contributed by atoms with Crippen LogP contribution in [0, 0.1) is 5.92 Å². The van der Waals surface area contributed by atoms with E-state index < -0.39 is 69.5 Å². The third-order valence-electron chi connectivity index (χ3n) is 5.80. The Morgan fingerprint density at radius 3 is 2.03 bits per heavy atom. The van der Waals surface area contributed by atoms with Gasteiger partial charge in [-0.1, -0.05) is 27.2 Å². The molecule has 1 heterocycles. The monoisotopic (exact) mass is 558 g/mol. The van der Waals surface area contributed by atoms with Gasteiger partial charge >= 0.3 is 0 Å². The van der Waals surface area contributed by atoms with Gasteiger partial charge in [0.15, 0.2) is 5.78 Å². The molecule has 214 valence electrons. The van der Waals surface area contributed by atoms with E-state index in [1.54, 1.807) is 13.8 Å². The van der Waals surface area contributed by atoms with Gasteiger partial charge in [0.05, 0.1) is 6.04 Å². The average molecular weight is 559 g/mol. The van der Waals surface area contributed by atoms with E-state index in [1.807, 2.05) is 6.92 Å². The van der Waals surface area contributed by atoms with Crippen LogP contribution in [0.5, 0.6) is 0 Å². The third-order valence-corrected chi connectivity index (χ3v) is 6.55. The maximum absolute atomic E-state index is 12.9.